The van der Waals surface area contributed by atoms with Gasteiger partial charge in [0.25, 0.3) is 0 Å². The van der Waals surface area contributed by atoms with Gasteiger partial charge in [0.05, 0.1) is 10.9 Å². The zero-order valence-electron chi connectivity index (χ0n) is 11.7. The van der Waals surface area contributed by atoms with Crippen molar-refractivity contribution in [3.05, 3.63) is 29.5 Å². The number of anilines is 1. The first-order valence-electron chi connectivity index (χ1n) is 6.98. The molecule has 0 bridgehead atoms. The molecule has 1 spiro atoms. The number of rotatable bonds is 3. The highest BCUT2D eigenvalue weighted by Gasteiger charge is 2.50. The molecule has 2 saturated heterocycles. The fraction of sp³-hybridized carbons (Fsp3) is 0.500. The van der Waals surface area contributed by atoms with Gasteiger partial charge in [-0.2, -0.15) is 0 Å². The average Bonchev–Trinajstić information content (AvgIpc) is 3.05. The van der Waals surface area contributed by atoms with E-state index in [-0.39, 0.29) is 6.10 Å². The Morgan fingerprint density at radius 2 is 2.29 bits per heavy atom. The molecule has 0 amide bonds. The highest BCUT2D eigenvalue weighted by Crippen LogP contribution is 2.47. The summed E-state index contributed by atoms with van der Waals surface area (Å²) in [4.78, 5) is 6.42. The molecular weight excluding hydrogens is 304 g/mol. The summed E-state index contributed by atoms with van der Waals surface area (Å²) in [5.74, 6) is 1.92. The molecule has 1 unspecified atom stereocenters. The Labute approximate surface area is 131 Å². The lowest BCUT2D eigenvalue weighted by Gasteiger charge is -2.47. The number of thioether (sulfide) groups is 1. The summed E-state index contributed by atoms with van der Waals surface area (Å²) in [5.41, 5.74) is 0. The van der Waals surface area contributed by atoms with Gasteiger partial charge in [-0.25, -0.2) is 0 Å². The molecule has 1 atom stereocenters. The Morgan fingerprint density at radius 3 is 3.00 bits per heavy atom. The minimum Gasteiger partial charge on any atom is -0.488 e. The number of hydrogen-bond donors (Lipinski definition) is 0. The summed E-state index contributed by atoms with van der Waals surface area (Å²) >= 11 is 3.71. The van der Waals surface area contributed by atoms with Crippen LogP contribution in [0.2, 0.25) is 0 Å². The Balaban J connectivity index is 1.35. The summed E-state index contributed by atoms with van der Waals surface area (Å²) in [6.07, 6.45) is 4.94. The summed E-state index contributed by atoms with van der Waals surface area (Å²) in [5, 5.41) is 10.4. The van der Waals surface area contributed by atoms with E-state index in [9.17, 15) is 0 Å². The van der Waals surface area contributed by atoms with Gasteiger partial charge >= 0.3 is 0 Å². The maximum Gasteiger partial charge on any atom is 0.208 e. The Bertz CT molecular complexity index is 627. The molecular formula is C14H16N4OS2. The first-order chi connectivity index (χ1) is 10.2. The van der Waals surface area contributed by atoms with E-state index in [4.69, 9.17) is 4.74 Å². The lowest BCUT2D eigenvalue weighted by atomic mass is 9.93. The maximum absolute atomic E-state index is 6.02. The van der Waals surface area contributed by atoms with Crippen molar-refractivity contribution in [1.29, 1.82) is 0 Å². The van der Waals surface area contributed by atoms with Crippen molar-refractivity contribution in [2.45, 2.75) is 24.2 Å². The number of ether oxygens (including phenoxy) is 1. The maximum atomic E-state index is 6.02. The molecule has 0 N–H and O–H groups in total. The molecule has 5 nitrogen and oxygen atoms in total. The fourth-order valence-electron chi connectivity index (χ4n) is 2.91. The van der Waals surface area contributed by atoms with Crippen LogP contribution in [-0.2, 0) is 0 Å². The van der Waals surface area contributed by atoms with E-state index in [1.807, 2.05) is 30.8 Å². The van der Waals surface area contributed by atoms with Crippen molar-refractivity contribution in [3.63, 3.8) is 0 Å². The van der Waals surface area contributed by atoms with E-state index in [1.54, 1.807) is 23.7 Å². The SMILES string of the molecule is Cc1nnc(N2CC3(CC(Oc4cccnc4)CS3)C2)s1. The van der Waals surface area contributed by atoms with E-state index in [0.717, 1.165) is 41.2 Å². The molecule has 0 aliphatic carbocycles. The van der Waals surface area contributed by atoms with Gasteiger partial charge in [0, 0.05) is 31.5 Å². The van der Waals surface area contributed by atoms with Crippen molar-refractivity contribution in [2.75, 3.05) is 23.7 Å². The molecule has 2 aromatic heterocycles. The van der Waals surface area contributed by atoms with Gasteiger partial charge in [-0.05, 0) is 19.1 Å². The van der Waals surface area contributed by atoms with Gasteiger partial charge in [-0.3, -0.25) is 4.98 Å². The van der Waals surface area contributed by atoms with Gasteiger partial charge in [0.15, 0.2) is 0 Å². The van der Waals surface area contributed by atoms with E-state index in [2.05, 4.69) is 20.1 Å². The second-order valence-electron chi connectivity index (χ2n) is 5.59. The van der Waals surface area contributed by atoms with Crippen LogP contribution >= 0.6 is 23.1 Å². The third-order valence-corrected chi connectivity index (χ3v) is 6.33. The average molecular weight is 320 g/mol. The van der Waals surface area contributed by atoms with Gasteiger partial charge < -0.3 is 9.64 Å². The summed E-state index contributed by atoms with van der Waals surface area (Å²) < 4.78 is 6.36. The third kappa shape index (κ3) is 2.60. The second-order valence-corrected chi connectivity index (χ2v) is 8.23. The molecule has 2 aromatic rings. The van der Waals surface area contributed by atoms with Crippen molar-refractivity contribution in [1.82, 2.24) is 15.2 Å². The molecule has 2 fully saturated rings. The fourth-order valence-corrected chi connectivity index (χ4v) is 5.12. The minimum absolute atomic E-state index is 0.289. The van der Waals surface area contributed by atoms with Gasteiger partial charge in [-0.15, -0.1) is 22.0 Å². The predicted octanol–water partition coefficient (Wildman–Crippen LogP) is 2.38. The minimum atomic E-state index is 0.289. The topological polar surface area (TPSA) is 51.1 Å². The van der Waals surface area contributed by atoms with E-state index in [0.29, 0.717) is 4.75 Å². The van der Waals surface area contributed by atoms with E-state index < -0.39 is 0 Å². The molecule has 110 valence electrons. The van der Waals surface area contributed by atoms with Gasteiger partial charge in [-0.1, -0.05) is 11.3 Å². The molecule has 2 aliphatic heterocycles. The molecule has 4 heterocycles. The third-order valence-electron chi connectivity index (χ3n) is 3.86. The van der Waals surface area contributed by atoms with Crippen LogP contribution in [0.15, 0.2) is 24.5 Å². The first kappa shape index (κ1) is 13.3. The summed E-state index contributed by atoms with van der Waals surface area (Å²) in [6, 6.07) is 3.88. The molecule has 0 saturated carbocycles. The van der Waals surface area contributed by atoms with E-state index in [1.165, 1.54) is 0 Å². The molecule has 0 radical (unpaired) electrons. The molecule has 7 heteroatoms. The Hall–Kier alpha value is -1.34. The Kier molecular flexibility index (Phi) is 3.26. The van der Waals surface area contributed by atoms with Crippen LogP contribution in [0.5, 0.6) is 5.75 Å². The van der Waals surface area contributed by atoms with Crippen LogP contribution in [0.1, 0.15) is 11.4 Å². The first-order valence-corrected chi connectivity index (χ1v) is 8.78. The van der Waals surface area contributed by atoms with Crippen molar-refractivity contribution >= 4 is 28.2 Å². The molecule has 4 rings (SSSR count). The van der Waals surface area contributed by atoms with Crippen molar-refractivity contribution < 1.29 is 4.74 Å². The van der Waals surface area contributed by atoms with Gasteiger partial charge in [0.2, 0.25) is 5.13 Å². The molecule has 2 aliphatic rings. The number of hydrogen-bond acceptors (Lipinski definition) is 7. The number of pyridine rings is 1. The Morgan fingerprint density at radius 1 is 1.38 bits per heavy atom. The number of aryl methyl sites for hydroxylation is 1. The summed E-state index contributed by atoms with van der Waals surface area (Å²) in [6.45, 7) is 4.11. The summed E-state index contributed by atoms with van der Waals surface area (Å²) in [7, 11) is 0. The lowest BCUT2D eigenvalue weighted by molar-refractivity contribution is 0.201. The highest BCUT2D eigenvalue weighted by atomic mass is 32.2. The van der Waals surface area contributed by atoms with Crippen LogP contribution in [-0.4, -0.2) is 44.9 Å². The normalized spacial score (nSPS) is 23.3. The van der Waals surface area contributed by atoms with Crippen LogP contribution in [0.4, 0.5) is 5.13 Å². The zero-order chi connectivity index (χ0) is 14.3. The van der Waals surface area contributed by atoms with Crippen LogP contribution < -0.4 is 9.64 Å². The molecule has 21 heavy (non-hydrogen) atoms. The predicted molar refractivity (Wildman–Crippen MR) is 85.3 cm³/mol. The lowest BCUT2D eigenvalue weighted by Crippen LogP contribution is -2.59. The number of nitrogens with zero attached hydrogens (tertiary/aromatic N) is 4. The second kappa shape index (κ2) is 5.14. The standard InChI is InChI=1S/C14H16N4OS2/c1-10-16-17-13(21-10)18-8-14(9-18)5-12(7-20-14)19-11-3-2-4-15-6-11/h2-4,6,12H,5,7-9H2,1H3. The number of aromatic nitrogens is 3. The smallest absolute Gasteiger partial charge is 0.208 e. The van der Waals surface area contributed by atoms with Crippen LogP contribution in [0.25, 0.3) is 0 Å². The van der Waals surface area contributed by atoms with Crippen LogP contribution in [0, 0.1) is 6.92 Å². The van der Waals surface area contributed by atoms with Crippen LogP contribution in [0.3, 0.4) is 0 Å². The quantitative estimate of drug-likeness (QED) is 0.865. The van der Waals surface area contributed by atoms with Crippen molar-refractivity contribution in [3.8, 4) is 5.75 Å². The highest BCUT2D eigenvalue weighted by molar-refractivity contribution is 8.01. The van der Waals surface area contributed by atoms with E-state index >= 15 is 0 Å². The molecule has 0 aromatic carbocycles. The largest absolute Gasteiger partial charge is 0.488 e. The van der Waals surface area contributed by atoms with Crippen molar-refractivity contribution in [2.24, 2.45) is 0 Å². The zero-order valence-corrected chi connectivity index (χ0v) is 13.4. The van der Waals surface area contributed by atoms with Gasteiger partial charge in [0.1, 0.15) is 16.9 Å². The monoisotopic (exact) mass is 320 g/mol.